The van der Waals surface area contributed by atoms with Gasteiger partial charge in [0.25, 0.3) is 0 Å². The molecule has 17 heavy (non-hydrogen) atoms. The zero-order valence-electron chi connectivity index (χ0n) is 9.16. The minimum absolute atomic E-state index is 0. The molecule has 1 aromatic rings. The zero-order valence-corrected chi connectivity index (χ0v) is 12.8. The fraction of sp³-hybridized carbons (Fsp3) is 0.250. The van der Waals surface area contributed by atoms with Crippen molar-refractivity contribution < 1.29 is 50.9 Å². The zero-order chi connectivity index (χ0) is 12.4. The van der Waals surface area contributed by atoms with Crippen LogP contribution in [0.1, 0.15) is 0 Å². The van der Waals surface area contributed by atoms with Gasteiger partial charge in [-0.25, -0.2) is 16.8 Å². The summed E-state index contributed by atoms with van der Waals surface area (Å²) in [6.07, 6.45) is 0. The van der Waals surface area contributed by atoms with E-state index in [2.05, 4.69) is 0 Å². The Balaban J connectivity index is 0.00000256. The van der Waals surface area contributed by atoms with Crippen LogP contribution in [0.5, 0.6) is 0 Å². The summed E-state index contributed by atoms with van der Waals surface area (Å²) in [5, 5.41) is 0. The molecule has 0 bridgehead atoms. The van der Waals surface area contributed by atoms with Crippen molar-refractivity contribution in [3.63, 3.8) is 0 Å². The van der Waals surface area contributed by atoms with Gasteiger partial charge in [-0.2, -0.15) is 0 Å². The number of nitrogen functional groups attached to an aromatic ring is 1. The summed E-state index contributed by atoms with van der Waals surface area (Å²) in [7, 11) is -8.31. The standard InChI is InChI=1S/C8H11NO5S2.Na/c9-7-2-1-3-8(6-7)15(10,11)4-5-16(12,13)14;/h1-3,6H,4-5,9H2,(H,12,13,14);/q;+1/p-1. The molecule has 2 N–H and O–H groups in total. The molecule has 0 aromatic heterocycles. The minimum atomic E-state index is -4.54. The van der Waals surface area contributed by atoms with E-state index in [1.807, 2.05) is 0 Å². The van der Waals surface area contributed by atoms with Gasteiger partial charge in [-0.15, -0.1) is 0 Å². The average Bonchev–Trinajstić information content (AvgIpc) is 2.14. The molecule has 9 heteroatoms. The number of anilines is 1. The van der Waals surface area contributed by atoms with Crippen molar-refractivity contribution in [2.45, 2.75) is 4.90 Å². The molecule has 0 amide bonds. The molecule has 6 nitrogen and oxygen atoms in total. The van der Waals surface area contributed by atoms with E-state index in [-0.39, 0.29) is 40.1 Å². The van der Waals surface area contributed by atoms with Gasteiger partial charge in [0.05, 0.1) is 26.5 Å². The molecule has 0 saturated carbocycles. The number of rotatable bonds is 4. The molecular formula is C8H10NNaO5S2. The van der Waals surface area contributed by atoms with Gasteiger partial charge >= 0.3 is 29.6 Å². The predicted molar refractivity (Wildman–Crippen MR) is 57.5 cm³/mol. The van der Waals surface area contributed by atoms with Gasteiger partial charge in [0.15, 0.2) is 9.84 Å². The Morgan fingerprint density at radius 2 is 1.71 bits per heavy atom. The smallest absolute Gasteiger partial charge is 0.748 e. The van der Waals surface area contributed by atoms with Gasteiger partial charge in [0.1, 0.15) is 0 Å². The molecule has 1 aromatic carbocycles. The Hall–Kier alpha value is -0.120. The van der Waals surface area contributed by atoms with Crippen molar-refractivity contribution >= 4 is 25.6 Å². The Morgan fingerprint density at radius 1 is 1.12 bits per heavy atom. The third-order valence-corrected chi connectivity index (χ3v) is 4.50. The van der Waals surface area contributed by atoms with Gasteiger partial charge in [-0.1, -0.05) is 6.07 Å². The van der Waals surface area contributed by atoms with Crippen LogP contribution in [0.4, 0.5) is 5.69 Å². The van der Waals surface area contributed by atoms with Crippen molar-refractivity contribution in [2.24, 2.45) is 0 Å². The topological polar surface area (TPSA) is 117 Å². The third kappa shape index (κ3) is 5.84. The maximum absolute atomic E-state index is 11.6. The summed E-state index contributed by atoms with van der Waals surface area (Å²) >= 11 is 0. The van der Waals surface area contributed by atoms with Crippen LogP contribution in [0.2, 0.25) is 0 Å². The van der Waals surface area contributed by atoms with Crippen LogP contribution < -0.4 is 35.3 Å². The maximum Gasteiger partial charge on any atom is 1.00 e. The SMILES string of the molecule is Nc1cccc(S(=O)(=O)CCS(=O)(=O)[O-])c1.[Na+]. The first-order valence-corrected chi connectivity index (χ1v) is 7.45. The van der Waals surface area contributed by atoms with E-state index in [1.54, 1.807) is 0 Å². The van der Waals surface area contributed by atoms with E-state index in [4.69, 9.17) is 5.73 Å². The van der Waals surface area contributed by atoms with Crippen molar-refractivity contribution in [3.05, 3.63) is 24.3 Å². The van der Waals surface area contributed by atoms with Crippen LogP contribution in [0.15, 0.2) is 29.2 Å². The first kappa shape index (κ1) is 16.9. The molecule has 0 spiro atoms. The Kier molecular flexibility index (Phi) is 6.12. The second-order valence-electron chi connectivity index (χ2n) is 3.15. The molecule has 0 aliphatic carbocycles. The normalized spacial score (nSPS) is 11.8. The number of nitrogens with two attached hydrogens (primary N) is 1. The van der Waals surface area contributed by atoms with Gasteiger partial charge in [0.2, 0.25) is 0 Å². The number of hydrogen-bond acceptors (Lipinski definition) is 6. The van der Waals surface area contributed by atoms with Crippen LogP contribution >= 0.6 is 0 Å². The Bertz CT molecular complexity index is 582. The molecule has 90 valence electrons. The summed E-state index contributed by atoms with van der Waals surface area (Å²) in [5.74, 6) is -1.67. The van der Waals surface area contributed by atoms with E-state index in [0.29, 0.717) is 0 Å². The molecule has 0 unspecified atom stereocenters. The Morgan fingerprint density at radius 3 is 2.18 bits per heavy atom. The summed E-state index contributed by atoms with van der Waals surface area (Å²) < 4.78 is 54.1. The molecule has 0 saturated heterocycles. The second-order valence-corrected chi connectivity index (χ2v) is 6.79. The first-order chi connectivity index (χ1) is 7.21. The van der Waals surface area contributed by atoms with Crippen LogP contribution in [-0.4, -0.2) is 32.9 Å². The fourth-order valence-electron chi connectivity index (χ4n) is 1.04. The van der Waals surface area contributed by atoms with Crippen LogP contribution in [0.25, 0.3) is 0 Å². The number of sulfone groups is 1. The van der Waals surface area contributed by atoms with Gasteiger partial charge in [-0.05, 0) is 18.2 Å². The molecule has 0 aliphatic heterocycles. The average molecular weight is 287 g/mol. The Labute approximate surface area is 122 Å². The quantitative estimate of drug-likeness (QED) is 0.350. The van der Waals surface area contributed by atoms with Crippen LogP contribution in [-0.2, 0) is 20.0 Å². The van der Waals surface area contributed by atoms with Gasteiger partial charge in [0, 0.05) is 5.69 Å². The van der Waals surface area contributed by atoms with Gasteiger partial charge in [-0.3, -0.25) is 0 Å². The monoisotopic (exact) mass is 287 g/mol. The van der Waals surface area contributed by atoms with E-state index < -0.39 is 31.5 Å². The van der Waals surface area contributed by atoms with E-state index in [0.717, 1.165) is 0 Å². The first-order valence-electron chi connectivity index (χ1n) is 4.22. The largest absolute Gasteiger partial charge is 1.00 e. The van der Waals surface area contributed by atoms with Crippen molar-refractivity contribution in [1.82, 2.24) is 0 Å². The van der Waals surface area contributed by atoms with Crippen molar-refractivity contribution in [3.8, 4) is 0 Å². The predicted octanol–water partition coefficient (Wildman–Crippen LogP) is -3.41. The van der Waals surface area contributed by atoms with E-state index in [1.165, 1.54) is 24.3 Å². The minimum Gasteiger partial charge on any atom is -0.748 e. The molecule has 0 atom stereocenters. The number of hydrogen-bond donors (Lipinski definition) is 1. The summed E-state index contributed by atoms with van der Waals surface area (Å²) in [6.45, 7) is 0. The summed E-state index contributed by atoms with van der Waals surface area (Å²) in [6, 6.07) is 5.45. The molecule has 0 heterocycles. The molecule has 0 aliphatic rings. The van der Waals surface area contributed by atoms with Gasteiger partial charge < -0.3 is 10.3 Å². The number of benzene rings is 1. The summed E-state index contributed by atoms with van der Waals surface area (Å²) in [5.41, 5.74) is 5.65. The van der Waals surface area contributed by atoms with Crippen molar-refractivity contribution in [1.29, 1.82) is 0 Å². The van der Waals surface area contributed by atoms with Crippen LogP contribution in [0.3, 0.4) is 0 Å². The van der Waals surface area contributed by atoms with Crippen molar-refractivity contribution in [2.75, 3.05) is 17.2 Å². The molecular weight excluding hydrogens is 277 g/mol. The molecule has 0 fully saturated rings. The molecule has 0 radical (unpaired) electrons. The molecule has 1 rings (SSSR count). The fourth-order valence-corrected chi connectivity index (χ4v) is 3.57. The second kappa shape index (κ2) is 6.17. The van der Waals surface area contributed by atoms with E-state index in [9.17, 15) is 21.4 Å². The van der Waals surface area contributed by atoms with E-state index >= 15 is 0 Å². The third-order valence-electron chi connectivity index (χ3n) is 1.82. The summed E-state index contributed by atoms with van der Waals surface area (Å²) in [4.78, 5) is -0.0869. The maximum atomic E-state index is 11.6. The van der Waals surface area contributed by atoms with Crippen LogP contribution in [0, 0.1) is 0 Å².